The minimum absolute atomic E-state index is 0.226. The first-order valence-electron chi connectivity index (χ1n) is 4.24. The zero-order valence-corrected chi connectivity index (χ0v) is 6.97. The summed E-state index contributed by atoms with van der Waals surface area (Å²) in [5.41, 5.74) is 4.92. The fourth-order valence-corrected chi connectivity index (χ4v) is 1.31. The van der Waals surface area contributed by atoms with Gasteiger partial charge in [0.2, 0.25) is 0 Å². The van der Waals surface area contributed by atoms with E-state index >= 15 is 0 Å². The molecule has 12 heavy (non-hydrogen) atoms. The smallest absolute Gasteiger partial charge is 0.419 e. The van der Waals surface area contributed by atoms with Crippen LogP contribution in [0.1, 0.15) is 19.3 Å². The minimum Gasteiger partial charge on any atom is -0.464 e. The van der Waals surface area contributed by atoms with Crippen LogP contribution in [0.2, 0.25) is 0 Å². The van der Waals surface area contributed by atoms with Crippen molar-refractivity contribution < 1.29 is 9.90 Å². The molecule has 0 aliphatic carbocycles. The van der Waals surface area contributed by atoms with Crippen molar-refractivity contribution in [2.75, 3.05) is 13.1 Å². The first kappa shape index (κ1) is 9.28. The Morgan fingerprint density at radius 1 is 1.50 bits per heavy atom. The highest BCUT2D eigenvalue weighted by Gasteiger charge is 2.11. The molecule has 5 nitrogen and oxygen atoms in total. The van der Waals surface area contributed by atoms with Crippen molar-refractivity contribution in [1.82, 2.24) is 16.2 Å². The molecule has 1 aliphatic heterocycles. The van der Waals surface area contributed by atoms with Crippen LogP contribution in [0.3, 0.4) is 0 Å². The van der Waals surface area contributed by atoms with E-state index in [1.54, 1.807) is 0 Å². The molecule has 1 amide bonds. The van der Waals surface area contributed by atoms with Gasteiger partial charge in [-0.1, -0.05) is 6.42 Å². The van der Waals surface area contributed by atoms with Crippen molar-refractivity contribution in [2.45, 2.75) is 25.3 Å². The van der Waals surface area contributed by atoms with Crippen LogP contribution < -0.4 is 16.2 Å². The second kappa shape index (κ2) is 4.95. The third kappa shape index (κ3) is 3.54. The second-order valence-electron chi connectivity index (χ2n) is 2.97. The second-order valence-corrected chi connectivity index (χ2v) is 2.97. The number of hydrazine groups is 1. The summed E-state index contributed by atoms with van der Waals surface area (Å²) in [6.07, 6.45) is 2.31. The molecule has 70 valence electrons. The molecule has 0 saturated carbocycles. The summed E-state index contributed by atoms with van der Waals surface area (Å²) in [6.45, 7) is 1.87. The minimum atomic E-state index is -1.03. The molecule has 1 aliphatic rings. The number of hydrogen-bond donors (Lipinski definition) is 4. The van der Waals surface area contributed by atoms with Crippen LogP contribution in [0.15, 0.2) is 0 Å². The molecule has 1 saturated heterocycles. The van der Waals surface area contributed by atoms with E-state index in [0.29, 0.717) is 0 Å². The van der Waals surface area contributed by atoms with Gasteiger partial charge in [-0.15, -0.1) is 0 Å². The van der Waals surface area contributed by atoms with Gasteiger partial charge in [-0.2, -0.15) is 0 Å². The van der Waals surface area contributed by atoms with Gasteiger partial charge in [0.05, 0.1) is 0 Å². The van der Waals surface area contributed by atoms with Gasteiger partial charge in [-0.3, -0.25) is 5.43 Å². The lowest BCUT2D eigenvalue weighted by molar-refractivity contribution is 0.185. The van der Waals surface area contributed by atoms with Crippen molar-refractivity contribution in [1.29, 1.82) is 0 Å². The summed E-state index contributed by atoms with van der Waals surface area (Å²) in [6, 6.07) is 0.226. The van der Waals surface area contributed by atoms with E-state index in [1.165, 1.54) is 6.42 Å². The first-order valence-corrected chi connectivity index (χ1v) is 4.24. The Morgan fingerprint density at radius 2 is 2.33 bits per heavy atom. The van der Waals surface area contributed by atoms with Crippen LogP contribution in [0.25, 0.3) is 0 Å². The van der Waals surface area contributed by atoms with Gasteiger partial charge in [0.15, 0.2) is 0 Å². The standard InChI is InChI=1S/C7H15N3O2/c11-7(12)10-9-6-3-1-2-4-8-5-6/h6,8-10H,1-5H2,(H,11,12). The molecule has 1 atom stereocenters. The molecule has 0 aromatic heterocycles. The highest BCUT2D eigenvalue weighted by atomic mass is 16.4. The van der Waals surface area contributed by atoms with Crippen LogP contribution in [-0.4, -0.2) is 30.3 Å². The quantitative estimate of drug-likeness (QED) is 0.440. The molecule has 0 aromatic carbocycles. The van der Waals surface area contributed by atoms with Crippen LogP contribution in [0, 0.1) is 0 Å². The number of nitrogens with one attached hydrogen (secondary N) is 3. The Kier molecular flexibility index (Phi) is 3.83. The lowest BCUT2D eigenvalue weighted by Gasteiger charge is -2.14. The Labute approximate surface area is 71.5 Å². The van der Waals surface area contributed by atoms with E-state index in [9.17, 15) is 4.79 Å². The highest BCUT2D eigenvalue weighted by Crippen LogP contribution is 2.02. The summed E-state index contributed by atoms with van der Waals surface area (Å²) in [4.78, 5) is 10.1. The summed E-state index contributed by atoms with van der Waals surface area (Å²) in [7, 11) is 0. The molecule has 1 unspecified atom stereocenters. The number of rotatable bonds is 2. The van der Waals surface area contributed by atoms with E-state index < -0.39 is 6.09 Å². The lowest BCUT2D eigenvalue weighted by Crippen LogP contribution is -2.47. The fourth-order valence-electron chi connectivity index (χ4n) is 1.31. The van der Waals surface area contributed by atoms with Crippen molar-refractivity contribution in [2.24, 2.45) is 0 Å². The zero-order valence-electron chi connectivity index (χ0n) is 6.97. The predicted octanol–water partition coefficient (Wildman–Crippen LogP) is -0.0993. The van der Waals surface area contributed by atoms with Gasteiger partial charge in [0.25, 0.3) is 0 Å². The molecule has 0 bridgehead atoms. The molecular weight excluding hydrogens is 158 g/mol. The molecule has 1 rings (SSSR count). The van der Waals surface area contributed by atoms with Gasteiger partial charge < -0.3 is 10.4 Å². The van der Waals surface area contributed by atoms with Gasteiger partial charge in [-0.05, 0) is 19.4 Å². The molecule has 1 heterocycles. The summed E-state index contributed by atoms with van der Waals surface area (Å²) < 4.78 is 0. The number of carboxylic acid groups (broad SMARTS) is 1. The van der Waals surface area contributed by atoms with Crippen LogP contribution in [-0.2, 0) is 0 Å². The third-order valence-electron chi connectivity index (χ3n) is 1.93. The van der Waals surface area contributed by atoms with Gasteiger partial charge >= 0.3 is 6.09 Å². The van der Waals surface area contributed by atoms with Crippen molar-refractivity contribution in [3.05, 3.63) is 0 Å². The largest absolute Gasteiger partial charge is 0.464 e. The van der Waals surface area contributed by atoms with E-state index in [2.05, 4.69) is 16.2 Å². The number of amides is 1. The molecule has 5 heteroatoms. The fraction of sp³-hybridized carbons (Fsp3) is 0.857. The number of hydrogen-bond acceptors (Lipinski definition) is 3. The zero-order chi connectivity index (χ0) is 8.81. The molecule has 0 radical (unpaired) electrons. The van der Waals surface area contributed by atoms with Crippen molar-refractivity contribution in [3.63, 3.8) is 0 Å². The van der Waals surface area contributed by atoms with Gasteiger partial charge in [0, 0.05) is 12.6 Å². The molecular formula is C7H15N3O2. The van der Waals surface area contributed by atoms with Gasteiger partial charge in [0.1, 0.15) is 0 Å². The maximum atomic E-state index is 10.1. The maximum Gasteiger partial charge on any atom is 0.419 e. The molecule has 1 fully saturated rings. The molecule has 4 N–H and O–H groups in total. The van der Waals surface area contributed by atoms with E-state index in [1.807, 2.05) is 0 Å². The highest BCUT2D eigenvalue weighted by molar-refractivity contribution is 5.63. The summed E-state index contributed by atoms with van der Waals surface area (Å²) in [5.74, 6) is 0. The van der Waals surface area contributed by atoms with Crippen molar-refractivity contribution in [3.8, 4) is 0 Å². The maximum absolute atomic E-state index is 10.1. The van der Waals surface area contributed by atoms with E-state index in [0.717, 1.165) is 25.9 Å². The average Bonchev–Trinajstić information content (AvgIpc) is 2.28. The van der Waals surface area contributed by atoms with Crippen LogP contribution >= 0.6 is 0 Å². The first-order chi connectivity index (χ1) is 5.79. The summed E-state index contributed by atoms with van der Waals surface area (Å²) >= 11 is 0. The van der Waals surface area contributed by atoms with Crippen LogP contribution in [0.4, 0.5) is 4.79 Å². The molecule has 0 aromatic rings. The topological polar surface area (TPSA) is 73.4 Å². The molecule has 0 spiro atoms. The summed E-state index contributed by atoms with van der Waals surface area (Å²) in [5, 5.41) is 11.5. The van der Waals surface area contributed by atoms with E-state index in [-0.39, 0.29) is 6.04 Å². The Bertz CT molecular complexity index is 144. The van der Waals surface area contributed by atoms with E-state index in [4.69, 9.17) is 5.11 Å². The predicted molar refractivity (Wildman–Crippen MR) is 44.8 cm³/mol. The van der Waals surface area contributed by atoms with Crippen LogP contribution in [0.5, 0.6) is 0 Å². The SMILES string of the molecule is O=C(O)NNC1CCCCNC1. The Hall–Kier alpha value is -0.810. The Morgan fingerprint density at radius 3 is 3.08 bits per heavy atom. The number of carbonyl (C=O) groups is 1. The normalized spacial score (nSPS) is 24.5. The van der Waals surface area contributed by atoms with Crippen molar-refractivity contribution >= 4 is 6.09 Å². The third-order valence-corrected chi connectivity index (χ3v) is 1.93. The van der Waals surface area contributed by atoms with Gasteiger partial charge in [-0.25, -0.2) is 10.2 Å². The lowest BCUT2D eigenvalue weighted by atomic mass is 10.1. The average molecular weight is 173 g/mol. The Balaban J connectivity index is 2.16. The monoisotopic (exact) mass is 173 g/mol.